The zero-order valence-electron chi connectivity index (χ0n) is 22.5. The highest BCUT2D eigenvalue weighted by Crippen LogP contribution is 2.56. The van der Waals surface area contributed by atoms with Gasteiger partial charge in [0.2, 0.25) is 0 Å². The molecule has 41 heavy (non-hydrogen) atoms. The van der Waals surface area contributed by atoms with Crippen molar-refractivity contribution in [1.82, 2.24) is 0 Å². The molecule has 8 aromatic carbocycles. The molecular formula is C41H26. The van der Waals surface area contributed by atoms with Crippen LogP contribution in [0.25, 0.3) is 54.6 Å². The Balaban J connectivity index is 1.38. The maximum absolute atomic E-state index is 2.47. The molecule has 8 aromatic rings. The van der Waals surface area contributed by atoms with Gasteiger partial charge in [0.25, 0.3) is 0 Å². The zero-order chi connectivity index (χ0) is 27.0. The van der Waals surface area contributed by atoms with Crippen molar-refractivity contribution in [2.45, 2.75) is 5.41 Å². The van der Waals surface area contributed by atoms with Gasteiger partial charge in [-0.2, -0.15) is 0 Å². The van der Waals surface area contributed by atoms with Gasteiger partial charge in [0, 0.05) is 0 Å². The smallest absolute Gasteiger partial charge is 0.0622 e. The topological polar surface area (TPSA) is 0 Å². The Bertz CT molecular complexity index is 2180. The van der Waals surface area contributed by atoms with E-state index < -0.39 is 5.41 Å². The average Bonchev–Trinajstić information content (AvgIpc) is 3.35. The van der Waals surface area contributed by atoms with Crippen LogP contribution in [0.3, 0.4) is 0 Å². The monoisotopic (exact) mass is 518 g/mol. The fraction of sp³-hybridized carbons (Fsp3) is 0.0244. The van der Waals surface area contributed by atoms with Gasteiger partial charge >= 0.3 is 0 Å². The predicted octanol–water partition coefficient (Wildman–Crippen LogP) is 10.6. The zero-order valence-corrected chi connectivity index (χ0v) is 22.5. The number of hydrogen-bond donors (Lipinski definition) is 0. The van der Waals surface area contributed by atoms with Crippen LogP contribution in [-0.2, 0) is 5.41 Å². The summed E-state index contributed by atoms with van der Waals surface area (Å²) in [7, 11) is 0. The molecule has 190 valence electrons. The number of fused-ring (bicyclic) bond motifs is 3. The number of benzene rings is 8. The predicted molar refractivity (Wildman–Crippen MR) is 173 cm³/mol. The minimum absolute atomic E-state index is 0.395. The summed E-state index contributed by atoms with van der Waals surface area (Å²) in [4.78, 5) is 0. The summed E-state index contributed by atoms with van der Waals surface area (Å²) in [5.74, 6) is 0. The average molecular weight is 519 g/mol. The van der Waals surface area contributed by atoms with Crippen LogP contribution < -0.4 is 0 Å². The third-order valence-electron chi connectivity index (χ3n) is 9.30. The first-order valence-electron chi connectivity index (χ1n) is 14.4. The van der Waals surface area contributed by atoms with E-state index in [1.807, 2.05) is 0 Å². The van der Waals surface area contributed by atoms with E-state index in [1.54, 1.807) is 0 Å². The molecule has 9 rings (SSSR count). The Hall–Kier alpha value is -5.20. The summed E-state index contributed by atoms with van der Waals surface area (Å²) in [6, 6.07) is 58.6. The van der Waals surface area contributed by atoms with E-state index in [0.717, 1.165) is 0 Å². The summed E-state index contributed by atoms with van der Waals surface area (Å²) in [6.07, 6.45) is 0. The molecule has 0 amide bonds. The summed E-state index contributed by atoms with van der Waals surface area (Å²) in [5.41, 5.74) is 10.1. The molecule has 0 atom stereocenters. The lowest BCUT2D eigenvalue weighted by Gasteiger charge is -2.34. The molecule has 1 aliphatic rings. The highest BCUT2D eigenvalue weighted by molar-refractivity contribution is 6.25. The maximum atomic E-state index is 2.47. The van der Waals surface area contributed by atoms with Crippen LogP contribution in [0.2, 0.25) is 0 Å². The molecule has 0 saturated carbocycles. The normalized spacial score (nSPS) is 13.6. The van der Waals surface area contributed by atoms with Crippen molar-refractivity contribution < 1.29 is 0 Å². The third kappa shape index (κ3) is 3.00. The molecule has 0 heteroatoms. The van der Waals surface area contributed by atoms with Gasteiger partial charge in [-0.25, -0.2) is 0 Å². The van der Waals surface area contributed by atoms with Crippen LogP contribution in [0.5, 0.6) is 0 Å². The second-order valence-corrected chi connectivity index (χ2v) is 11.3. The van der Waals surface area contributed by atoms with E-state index in [9.17, 15) is 0 Å². The lowest BCUT2D eigenvalue weighted by molar-refractivity contribution is 0.769. The highest BCUT2D eigenvalue weighted by atomic mass is 14.5. The minimum atomic E-state index is -0.395. The number of hydrogen-bond acceptors (Lipinski definition) is 0. The first-order valence-corrected chi connectivity index (χ1v) is 14.4. The molecule has 0 aliphatic heterocycles. The molecule has 0 N–H and O–H groups in total. The first kappa shape index (κ1) is 22.6. The third-order valence-corrected chi connectivity index (χ3v) is 9.30. The molecule has 0 fully saturated rings. The molecule has 0 saturated heterocycles. The van der Waals surface area contributed by atoms with Crippen LogP contribution in [-0.4, -0.2) is 0 Å². The molecule has 0 nitrogen and oxygen atoms in total. The molecule has 0 bridgehead atoms. The van der Waals surface area contributed by atoms with Gasteiger partial charge in [0.15, 0.2) is 0 Å². The molecule has 0 aromatic heterocycles. The Morgan fingerprint density at radius 2 is 0.902 bits per heavy atom. The Kier molecular flexibility index (Phi) is 4.63. The Morgan fingerprint density at radius 1 is 0.341 bits per heavy atom. The van der Waals surface area contributed by atoms with Crippen molar-refractivity contribution in [3.8, 4) is 22.3 Å². The molecule has 0 unspecified atom stereocenters. The molecule has 1 aliphatic carbocycles. The largest absolute Gasteiger partial charge is 0.0713 e. The van der Waals surface area contributed by atoms with Crippen molar-refractivity contribution in [3.63, 3.8) is 0 Å². The van der Waals surface area contributed by atoms with Crippen LogP contribution in [0.4, 0.5) is 0 Å². The Morgan fingerprint density at radius 3 is 1.63 bits per heavy atom. The van der Waals surface area contributed by atoms with Crippen LogP contribution in [0.15, 0.2) is 158 Å². The van der Waals surface area contributed by atoms with Crippen molar-refractivity contribution in [1.29, 1.82) is 0 Å². The van der Waals surface area contributed by atoms with Gasteiger partial charge in [0.1, 0.15) is 0 Å². The lowest BCUT2D eigenvalue weighted by Crippen LogP contribution is -2.28. The summed E-state index contributed by atoms with van der Waals surface area (Å²) in [6.45, 7) is 0. The van der Waals surface area contributed by atoms with Gasteiger partial charge in [-0.05, 0) is 82.9 Å². The fourth-order valence-electron chi connectivity index (χ4n) is 7.60. The standard InChI is InChI=1S/C41H26/c1-3-12-31(13-4-1)41(32-14-5-2-6-15-32)37-17-8-7-16-34(37)35-24-22-30(26-38(35)41)33-23-20-29-19-18-27-10-9-11-28-21-25-36(33)40(29)39(27)28/h1-26H. The summed E-state index contributed by atoms with van der Waals surface area (Å²) >= 11 is 0. The van der Waals surface area contributed by atoms with Crippen LogP contribution in [0.1, 0.15) is 22.3 Å². The second kappa shape index (κ2) is 8.40. The SMILES string of the molecule is c1ccc(C2(c3ccccc3)c3ccccc3-c3ccc(-c4ccc5ccc6cccc7ccc4c5c67)cc32)cc1. The van der Waals surface area contributed by atoms with E-state index in [1.165, 1.54) is 76.8 Å². The lowest BCUT2D eigenvalue weighted by atomic mass is 9.67. The maximum Gasteiger partial charge on any atom is 0.0713 e. The summed E-state index contributed by atoms with van der Waals surface area (Å²) < 4.78 is 0. The molecule has 0 heterocycles. The van der Waals surface area contributed by atoms with E-state index in [-0.39, 0.29) is 0 Å². The Labute approximate surface area is 239 Å². The molecule has 0 spiro atoms. The minimum Gasteiger partial charge on any atom is -0.0622 e. The first-order chi connectivity index (χ1) is 20.3. The van der Waals surface area contributed by atoms with Gasteiger partial charge in [-0.1, -0.05) is 152 Å². The highest BCUT2D eigenvalue weighted by Gasteiger charge is 2.46. The molecule has 0 radical (unpaired) electrons. The van der Waals surface area contributed by atoms with Crippen molar-refractivity contribution in [2.75, 3.05) is 0 Å². The van der Waals surface area contributed by atoms with E-state index in [2.05, 4.69) is 158 Å². The van der Waals surface area contributed by atoms with Crippen LogP contribution in [0, 0.1) is 0 Å². The van der Waals surface area contributed by atoms with Crippen molar-refractivity contribution >= 4 is 32.3 Å². The van der Waals surface area contributed by atoms with Gasteiger partial charge < -0.3 is 0 Å². The van der Waals surface area contributed by atoms with Crippen molar-refractivity contribution in [2.24, 2.45) is 0 Å². The van der Waals surface area contributed by atoms with E-state index in [0.29, 0.717) is 0 Å². The van der Waals surface area contributed by atoms with Gasteiger partial charge in [-0.3, -0.25) is 0 Å². The van der Waals surface area contributed by atoms with Gasteiger partial charge in [0.05, 0.1) is 5.41 Å². The van der Waals surface area contributed by atoms with Gasteiger partial charge in [-0.15, -0.1) is 0 Å². The van der Waals surface area contributed by atoms with E-state index >= 15 is 0 Å². The summed E-state index contributed by atoms with van der Waals surface area (Å²) in [5, 5.41) is 7.93. The second-order valence-electron chi connectivity index (χ2n) is 11.3. The van der Waals surface area contributed by atoms with Crippen LogP contribution >= 0.6 is 0 Å². The quantitative estimate of drug-likeness (QED) is 0.204. The fourth-order valence-corrected chi connectivity index (χ4v) is 7.60. The van der Waals surface area contributed by atoms with E-state index in [4.69, 9.17) is 0 Å². The van der Waals surface area contributed by atoms with Crippen molar-refractivity contribution in [3.05, 3.63) is 180 Å². The molecular weight excluding hydrogens is 492 g/mol. The number of rotatable bonds is 3.